The van der Waals surface area contributed by atoms with Gasteiger partial charge in [0.1, 0.15) is 5.76 Å². The Morgan fingerprint density at radius 3 is 2.71 bits per heavy atom. The molecule has 0 bridgehead atoms. The third kappa shape index (κ3) is 4.62. The van der Waals surface area contributed by atoms with Gasteiger partial charge in [-0.1, -0.05) is 5.16 Å². The van der Waals surface area contributed by atoms with Gasteiger partial charge in [-0.2, -0.15) is 0 Å². The number of amides is 1. The molecular formula is C17H18N4O7. The number of benzene rings is 1. The fraction of sp³-hybridized carbons (Fsp3) is 0.353. The number of ether oxygens (including phenoxy) is 2. The van der Waals surface area contributed by atoms with Crippen molar-refractivity contribution in [3.63, 3.8) is 0 Å². The second-order valence-electron chi connectivity index (χ2n) is 6.01. The van der Waals surface area contributed by atoms with Crippen molar-refractivity contribution in [2.24, 2.45) is 0 Å². The molecule has 0 spiro atoms. The number of anilines is 2. The summed E-state index contributed by atoms with van der Waals surface area (Å²) < 4.78 is 15.2. The minimum Gasteiger partial charge on any atom is -0.452 e. The van der Waals surface area contributed by atoms with Crippen LogP contribution in [-0.2, 0) is 14.3 Å². The van der Waals surface area contributed by atoms with E-state index >= 15 is 0 Å². The summed E-state index contributed by atoms with van der Waals surface area (Å²) in [5.74, 6) is -0.737. The number of carbonyl (C=O) groups is 2. The van der Waals surface area contributed by atoms with Gasteiger partial charge in [-0.15, -0.1) is 0 Å². The van der Waals surface area contributed by atoms with Crippen molar-refractivity contribution in [3.05, 3.63) is 45.7 Å². The van der Waals surface area contributed by atoms with Gasteiger partial charge >= 0.3 is 5.97 Å². The zero-order valence-electron chi connectivity index (χ0n) is 15.0. The summed E-state index contributed by atoms with van der Waals surface area (Å²) in [5, 5.41) is 17.1. The first kappa shape index (κ1) is 19.3. The lowest BCUT2D eigenvalue weighted by atomic mass is 10.1. The lowest BCUT2D eigenvalue weighted by Gasteiger charge is -2.30. The average molecular weight is 390 g/mol. The van der Waals surface area contributed by atoms with E-state index in [4.69, 9.17) is 14.0 Å². The summed E-state index contributed by atoms with van der Waals surface area (Å²) in [4.78, 5) is 36.8. The summed E-state index contributed by atoms with van der Waals surface area (Å²) in [5.41, 5.74) is 0.263. The second-order valence-corrected chi connectivity index (χ2v) is 6.01. The molecule has 11 heteroatoms. The van der Waals surface area contributed by atoms with E-state index in [-0.39, 0.29) is 17.1 Å². The third-order valence-corrected chi connectivity index (χ3v) is 3.99. The molecule has 0 unspecified atom stereocenters. The first-order valence-electron chi connectivity index (χ1n) is 8.45. The van der Waals surface area contributed by atoms with E-state index in [1.54, 1.807) is 6.92 Å². The number of hydrogen-bond donors (Lipinski definition) is 1. The molecule has 1 aliphatic rings. The van der Waals surface area contributed by atoms with Gasteiger partial charge in [-0.05, 0) is 13.0 Å². The SMILES string of the molecule is Cc1cc(NC(=O)COC(=O)c2cc([N+](=O)[O-])ccc2N2CCOCC2)no1. The first-order chi connectivity index (χ1) is 13.4. The van der Waals surface area contributed by atoms with E-state index in [2.05, 4.69) is 10.5 Å². The van der Waals surface area contributed by atoms with E-state index in [0.29, 0.717) is 37.8 Å². The molecule has 11 nitrogen and oxygen atoms in total. The fourth-order valence-electron chi connectivity index (χ4n) is 2.69. The van der Waals surface area contributed by atoms with Gasteiger partial charge in [-0.3, -0.25) is 14.9 Å². The Hall–Kier alpha value is -3.47. The molecule has 0 radical (unpaired) electrons. The van der Waals surface area contributed by atoms with Gasteiger partial charge in [0.25, 0.3) is 11.6 Å². The highest BCUT2D eigenvalue weighted by atomic mass is 16.6. The van der Waals surface area contributed by atoms with Crippen molar-refractivity contribution in [1.29, 1.82) is 0 Å². The highest BCUT2D eigenvalue weighted by molar-refractivity contribution is 5.99. The number of carbonyl (C=O) groups excluding carboxylic acids is 2. The summed E-state index contributed by atoms with van der Waals surface area (Å²) in [7, 11) is 0. The van der Waals surface area contributed by atoms with Crippen molar-refractivity contribution in [3.8, 4) is 0 Å². The van der Waals surface area contributed by atoms with Gasteiger partial charge in [-0.25, -0.2) is 4.79 Å². The van der Waals surface area contributed by atoms with Crippen LogP contribution >= 0.6 is 0 Å². The van der Waals surface area contributed by atoms with Crippen LogP contribution in [0.4, 0.5) is 17.2 Å². The van der Waals surface area contributed by atoms with Crippen LogP contribution in [0.5, 0.6) is 0 Å². The molecule has 28 heavy (non-hydrogen) atoms. The number of morpholine rings is 1. The molecule has 2 aromatic rings. The van der Waals surface area contributed by atoms with Crippen LogP contribution in [0.1, 0.15) is 16.1 Å². The standard InChI is InChI=1S/C17H18N4O7/c1-11-8-15(19-28-11)18-16(22)10-27-17(23)13-9-12(21(24)25)2-3-14(13)20-4-6-26-7-5-20/h2-3,8-9H,4-7,10H2,1H3,(H,18,19,22). The summed E-state index contributed by atoms with van der Waals surface area (Å²) in [6.07, 6.45) is 0. The van der Waals surface area contributed by atoms with Gasteiger partial charge in [0, 0.05) is 31.3 Å². The Bertz CT molecular complexity index is 889. The van der Waals surface area contributed by atoms with Crippen LogP contribution in [0, 0.1) is 17.0 Å². The molecule has 1 aromatic heterocycles. The van der Waals surface area contributed by atoms with E-state index in [1.165, 1.54) is 18.2 Å². The molecule has 3 rings (SSSR count). The number of aryl methyl sites for hydroxylation is 1. The Balaban J connectivity index is 1.72. The molecule has 0 saturated carbocycles. The summed E-state index contributed by atoms with van der Waals surface area (Å²) >= 11 is 0. The second kappa shape index (κ2) is 8.48. The minimum absolute atomic E-state index is 0.0150. The number of esters is 1. The normalized spacial score (nSPS) is 13.8. The van der Waals surface area contributed by atoms with Crippen LogP contribution in [0.15, 0.2) is 28.8 Å². The predicted octanol–water partition coefficient (Wildman–Crippen LogP) is 1.52. The van der Waals surface area contributed by atoms with Gasteiger partial charge in [0.2, 0.25) is 0 Å². The highest BCUT2D eigenvalue weighted by Gasteiger charge is 2.23. The Kier molecular flexibility index (Phi) is 5.84. The van der Waals surface area contributed by atoms with Crippen LogP contribution < -0.4 is 10.2 Å². The molecule has 0 atom stereocenters. The number of rotatable bonds is 6. The molecule has 1 aliphatic heterocycles. The lowest BCUT2D eigenvalue weighted by molar-refractivity contribution is -0.384. The molecule has 1 aromatic carbocycles. The van der Waals surface area contributed by atoms with Gasteiger partial charge < -0.3 is 24.2 Å². The Morgan fingerprint density at radius 2 is 2.07 bits per heavy atom. The topological polar surface area (TPSA) is 137 Å². The van der Waals surface area contributed by atoms with Crippen LogP contribution in [0.25, 0.3) is 0 Å². The van der Waals surface area contributed by atoms with Crippen LogP contribution in [0.2, 0.25) is 0 Å². The fourth-order valence-corrected chi connectivity index (χ4v) is 2.69. The van der Waals surface area contributed by atoms with Crippen molar-refractivity contribution >= 4 is 29.1 Å². The molecule has 0 aliphatic carbocycles. The van der Waals surface area contributed by atoms with E-state index in [1.807, 2.05) is 4.90 Å². The third-order valence-electron chi connectivity index (χ3n) is 3.99. The molecule has 1 N–H and O–H groups in total. The average Bonchev–Trinajstić information content (AvgIpc) is 3.10. The zero-order chi connectivity index (χ0) is 20.1. The number of non-ortho nitro benzene ring substituents is 1. The molecule has 1 saturated heterocycles. The van der Waals surface area contributed by atoms with Gasteiger partial charge in [0.05, 0.1) is 29.4 Å². The van der Waals surface area contributed by atoms with Crippen molar-refractivity contribution in [1.82, 2.24) is 5.16 Å². The maximum atomic E-state index is 12.5. The summed E-state index contributed by atoms with van der Waals surface area (Å²) in [6, 6.07) is 5.47. The number of nitro groups is 1. The molecule has 1 amide bonds. The monoisotopic (exact) mass is 390 g/mol. The van der Waals surface area contributed by atoms with Crippen molar-refractivity contribution in [2.45, 2.75) is 6.92 Å². The van der Waals surface area contributed by atoms with Crippen molar-refractivity contribution in [2.75, 3.05) is 43.1 Å². The van der Waals surface area contributed by atoms with Crippen molar-refractivity contribution < 1.29 is 28.5 Å². The number of aromatic nitrogens is 1. The molecule has 2 heterocycles. The number of hydrogen-bond acceptors (Lipinski definition) is 9. The Morgan fingerprint density at radius 1 is 1.32 bits per heavy atom. The molecule has 1 fully saturated rings. The first-order valence-corrected chi connectivity index (χ1v) is 8.45. The van der Waals surface area contributed by atoms with Crippen LogP contribution in [0.3, 0.4) is 0 Å². The quantitative estimate of drug-likeness (QED) is 0.442. The van der Waals surface area contributed by atoms with Crippen LogP contribution in [-0.4, -0.2) is 54.9 Å². The minimum atomic E-state index is -0.836. The van der Waals surface area contributed by atoms with E-state index < -0.39 is 23.4 Å². The Labute approximate surface area is 159 Å². The lowest BCUT2D eigenvalue weighted by Crippen LogP contribution is -2.37. The number of nitrogens with one attached hydrogen (secondary N) is 1. The van der Waals surface area contributed by atoms with E-state index in [9.17, 15) is 19.7 Å². The number of nitro benzene ring substituents is 1. The maximum Gasteiger partial charge on any atom is 0.341 e. The molecule has 148 valence electrons. The highest BCUT2D eigenvalue weighted by Crippen LogP contribution is 2.27. The smallest absolute Gasteiger partial charge is 0.341 e. The summed E-state index contributed by atoms with van der Waals surface area (Å²) in [6.45, 7) is 3.11. The number of nitrogens with zero attached hydrogens (tertiary/aromatic N) is 3. The molecular weight excluding hydrogens is 372 g/mol. The zero-order valence-corrected chi connectivity index (χ0v) is 15.0. The largest absolute Gasteiger partial charge is 0.452 e. The predicted molar refractivity (Wildman–Crippen MR) is 96.3 cm³/mol. The maximum absolute atomic E-state index is 12.5. The van der Waals surface area contributed by atoms with Gasteiger partial charge in [0.15, 0.2) is 12.4 Å². The van der Waals surface area contributed by atoms with E-state index in [0.717, 1.165) is 6.07 Å².